The van der Waals surface area contributed by atoms with Crippen LogP contribution in [0, 0.1) is 0 Å². The highest BCUT2D eigenvalue weighted by Crippen LogP contribution is 2.37. The molecule has 0 fully saturated rings. The Morgan fingerprint density at radius 2 is 1.81 bits per heavy atom. The van der Waals surface area contributed by atoms with Gasteiger partial charge in [0.1, 0.15) is 6.54 Å². The van der Waals surface area contributed by atoms with Gasteiger partial charge in [-0.25, -0.2) is 0 Å². The number of amides is 1. The Bertz CT molecular complexity index is 669. The summed E-state index contributed by atoms with van der Waals surface area (Å²) in [6.45, 7) is 2.38. The van der Waals surface area contributed by atoms with E-state index in [1.807, 2.05) is 53.4 Å². The molecule has 1 amide bonds. The van der Waals surface area contributed by atoms with Gasteiger partial charge in [-0.15, -0.1) is 0 Å². The quantitative estimate of drug-likeness (QED) is 0.908. The van der Waals surface area contributed by atoms with Gasteiger partial charge in [0.25, 0.3) is 0 Å². The molecule has 1 heterocycles. The van der Waals surface area contributed by atoms with E-state index < -0.39 is 0 Å². The minimum atomic E-state index is -0.0293. The number of benzene rings is 2. The number of nitrogens with zero attached hydrogens (tertiary/aromatic N) is 1. The molecule has 1 aliphatic heterocycles. The lowest BCUT2D eigenvalue weighted by Gasteiger charge is -2.33. The summed E-state index contributed by atoms with van der Waals surface area (Å²) < 4.78 is 0. The Kier molecular flexibility index (Phi) is 3.62. The lowest BCUT2D eigenvalue weighted by atomic mass is 10.0. The SMILES string of the molecule is CC[C@@H](N)c1ccccc1N1CC(=O)Nc2ccccc21. The van der Waals surface area contributed by atoms with Crippen LogP contribution in [0.3, 0.4) is 0 Å². The molecule has 0 unspecified atom stereocenters. The molecule has 0 bridgehead atoms. The first-order valence-corrected chi connectivity index (χ1v) is 7.21. The number of carbonyl (C=O) groups is 1. The van der Waals surface area contributed by atoms with Crippen LogP contribution in [0.15, 0.2) is 48.5 Å². The van der Waals surface area contributed by atoms with Gasteiger partial charge in [0.2, 0.25) is 5.91 Å². The zero-order valence-corrected chi connectivity index (χ0v) is 12.0. The van der Waals surface area contributed by atoms with Gasteiger partial charge < -0.3 is 16.0 Å². The van der Waals surface area contributed by atoms with Gasteiger partial charge >= 0.3 is 0 Å². The van der Waals surface area contributed by atoms with E-state index in [2.05, 4.69) is 12.2 Å². The number of anilines is 3. The Labute approximate surface area is 124 Å². The highest BCUT2D eigenvalue weighted by Gasteiger charge is 2.25. The second-order valence-corrected chi connectivity index (χ2v) is 5.23. The van der Waals surface area contributed by atoms with Crippen LogP contribution in [0.4, 0.5) is 17.1 Å². The Morgan fingerprint density at radius 3 is 2.57 bits per heavy atom. The van der Waals surface area contributed by atoms with Crippen LogP contribution in [0.1, 0.15) is 24.9 Å². The van der Waals surface area contributed by atoms with Gasteiger partial charge in [0.05, 0.1) is 11.4 Å². The van der Waals surface area contributed by atoms with Crippen molar-refractivity contribution in [2.24, 2.45) is 5.73 Å². The van der Waals surface area contributed by atoms with Crippen molar-refractivity contribution >= 4 is 23.0 Å². The molecule has 4 heteroatoms. The maximum Gasteiger partial charge on any atom is 0.244 e. The number of para-hydroxylation sites is 3. The summed E-state index contributed by atoms with van der Waals surface area (Å²) in [7, 11) is 0. The average molecular weight is 281 g/mol. The maximum absolute atomic E-state index is 12.0. The molecule has 0 spiro atoms. The Hall–Kier alpha value is -2.33. The van der Waals surface area contributed by atoms with Crippen molar-refractivity contribution in [3.63, 3.8) is 0 Å². The molecule has 3 rings (SSSR count). The summed E-state index contributed by atoms with van der Waals surface area (Å²) in [6, 6.07) is 15.8. The van der Waals surface area contributed by atoms with Crippen LogP contribution in [-0.4, -0.2) is 12.5 Å². The predicted octanol–water partition coefficient (Wildman–Crippen LogP) is 3.19. The fraction of sp³-hybridized carbons (Fsp3) is 0.235. The van der Waals surface area contributed by atoms with Crippen LogP contribution in [-0.2, 0) is 4.79 Å². The van der Waals surface area contributed by atoms with Gasteiger partial charge in [-0.2, -0.15) is 0 Å². The number of nitrogens with one attached hydrogen (secondary N) is 1. The summed E-state index contributed by atoms with van der Waals surface area (Å²) in [6.07, 6.45) is 0.860. The fourth-order valence-corrected chi connectivity index (χ4v) is 2.71. The molecule has 1 atom stereocenters. The van der Waals surface area contributed by atoms with E-state index in [1.54, 1.807) is 0 Å². The van der Waals surface area contributed by atoms with Crippen LogP contribution in [0.5, 0.6) is 0 Å². The van der Waals surface area contributed by atoms with Crippen LogP contribution in [0.25, 0.3) is 0 Å². The molecule has 0 saturated heterocycles. The molecule has 4 nitrogen and oxygen atoms in total. The lowest BCUT2D eigenvalue weighted by molar-refractivity contribution is -0.115. The average Bonchev–Trinajstić information content (AvgIpc) is 2.53. The highest BCUT2D eigenvalue weighted by molar-refractivity contribution is 6.03. The Morgan fingerprint density at radius 1 is 1.14 bits per heavy atom. The summed E-state index contributed by atoms with van der Waals surface area (Å²) in [4.78, 5) is 14.0. The maximum atomic E-state index is 12.0. The molecule has 108 valence electrons. The number of hydrogen-bond acceptors (Lipinski definition) is 3. The third kappa shape index (κ3) is 2.50. The molecule has 0 radical (unpaired) electrons. The summed E-state index contributed by atoms with van der Waals surface area (Å²) in [5.41, 5.74) is 10.2. The first-order valence-electron chi connectivity index (χ1n) is 7.21. The van der Waals surface area contributed by atoms with Gasteiger partial charge in [-0.05, 0) is 30.2 Å². The van der Waals surface area contributed by atoms with E-state index in [4.69, 9.17) is 5.73 Å². The van der Waals surface area contributed by atoms with Gasteiger partial charge in [0.15, 0.2) is 0 Å². The van der Waals surface area contributed by atoms with E-state index >= 15 is 0 Å². The molecule has 0 aliphatic carbocycles. The minimum absolute atomic E-state index is 0.00595. The van der Waals surface area contributed by atoms with E-state index in [0.29, 0.717) is 6.54 Å². The standard InChI is InChI=1S/C17H19N3O/c1-2-13(18)12-7-3-5-9-15(12)20-11-17(21)19-14-8-4-6-10-16(14)20/h3-10,13H,2,11,18H2,1H3,(H,19,21)/t13-/m1/s1. The van der Waals surface area contributed by atoms with Crippen molar-refractivity contribution in [3.05, 3.63) is 54.1 Å². The summed E-state index contributed by atoms with van der Waals surface area (Å²) in [5, 5.41) is 2.91. The van der Waals surface area contributed by atoms with Crippen molar-refractivity contribution in [1.29, 1.82) is 0 Å². The molecule has 1 aliphatic rings. The summed E-state index contributed by atoms with van der Waals surface area (Å²) >= 11 is 0. The monoisotopic (exact) mass is 281 g/mol. The zero-order valence-electron chi connectivity index (χ0n) is 12.0. The van der Waals surface area contributed by atoms with E-state index in [0.717, 1.165) is 29.0 Å². The molecule has 21 heavy (non-hydrogen) atoms. The first kappa shape index (κ1) is 13.6. The molecule has 0 saturated carbocycles. The molecule has 0 aromatic heterocycles. The van der Waals surface area contributed by atoms with Gasteiger partial charge in [-0.1, -0.05) is 37.3 Å². The van der Waals surface area contributed by atoms with Crippen LogP contribution < -0.4 is 16.0 Å². The van der Waals surface area contributed by atoms with Crippen molar-refractivity contribution in [2.45, 2.75) is 19.4 Å². The zero-order chi connectivity index (χ0) is 14.8. The third-order valence-electron chi connectivity index (χ3n) is 3.84. The normalized spacial score (nSPS) is 15.3. The number of carbonyl (C=O) groups excluding carboxylic acids is 1. The number of hydrogen-bond donors (Lipinski definition) is 2. The number of fused-ring (bicyclic) bond motifs is 1. The van der Waals surface area contributed by atoms with Crippen molar-refractivity contribution in [3.8, 4) is 0 Å². The molecule has 2 aromatic rings. The second-order valence-electron chi connectivity index (χ2n) is 5.23. The Balaban J connectivity index is 2.11. The summed E-state index contributed by atoms with van der Waals surface area (Å²) in [5.74, 6) is -0.00595. The third-order valence-corrected chi connectivity index (χ3v) is 3.84. The molecular weight excluding hydrogens is 262 g/mol. The number of rotatable bonds is 3. The second kappa shape index (κ2) is 5.58. The van der Waals surface area contributed by atoms with Crippen molar-refractivity contribution in [1.82, 2.24) is 0 Å². The molecular formula is C17H19N3O. The van der Waals surface area contributed by atoms with Crippen molar-refractivity contribution in [2.75, 3.05) is 16.8 Å². The fourth-order valence-electron chi connectivity index (χ4n) is 2.71. The van der Waals surface area contributed by atoms with Gasteiger partial charge in [-0.3, -0.25) is 4.79 Å². The van der Waals surface area contributed by atoms with Crippen LogP contribution in [0.2, 0.25) is 0 Å². The van der Waals surface area contributed by atoms with E-state index in [1.165, 1.54) is 0 Å². The molecule has 2 aromatic carbocycles. The smallest absolute Gasteiger partial charge is 0.244 e. The highest BCUT2D eigenvalue weighted by atomic mass is 16.2. The lowest BCUT2D eigenvalue weighted by Crippen LogP contribution is -2.35. The molecule has 3 N–H and O–H groups in total. The van der Waals surface area contributed by atoms with Crippen molar-refractivity contribution < 1.29 is 4.79 Å². The largest absolute Gasteiger partial charge is 0.330 e. The van der Waals surface area contributed by atoms with E-state index in [9.17, 15) is 4.79 Å². The van der Waals surface area contributed by atoms with Crippen LogP contribution >= 0.6 is 0 Å². The number of nitrogens with two attached hydrogens (primary N) is 1. The minimum Gasteiger partial charge on any atom is -0.330 e. The topological polar surface area (TPSA) is 58.4 Å². The predicted molar refractivity (Wildman–Crippen MR) is 85.7 cm³/mol. The first-order chi connectivity index (χ1) is 10.2. The van der Waals surface area contributed by atoms with E-state index in [-0.39, 0.29) is 11.9 Å². The van der Waals surface area contributed by atoms with Gasteiger partial charge in [0, 0.05) is 11.7 Å².